The Morgan fingerprint density at radius 2 is 2.05 bits per heavy atom. The number of carbonyl (C=O) groups is 1. The topological polar surface area (TPSA) is 63.2 Å². The number of benzene rings is 1. The van der Waals surface area contributed by atoms with Gasteiger partial charge in [0.1, 0.15) is 0 Å². The molecule has 1 aliphatic rings. The summed E-state index contributed by atoms with van der Waals surface area (Å²) in [5.74, 6) is 0.189. The molecule has 21 heavy (non-hydrogen) atoms. The summed E-state index contributed by atoms with van der Waals surface area (Å²) in [4.78, 5) is 12.1. The summed E-state index contributed by atoms with van der Waals surface area (Å²) in [6.45, 7) is 2.14. The van der Waals surface area contributed by atoms with Crippen LogP contribution in [0.2, 0.25) is 5.02 Å². The number of hydrogen-bond acceptors (Lipinski definition) is 3. The first-order valence-electron chi connectivity index (χ1n) is 6.43. The second-order valence-corrected chi connectivity index (χ2v) is 9.09. The maximum atomic E-state index is 12.3. The molecule has 116 valence electrons. The molecule has 0 heterocycles. The molecule has 2 atom stereocenters. The third-order valence-corrected chi connectivity index (χ3v) is 6.15. The SMILES string of the molecule is CC1CCC(NC(=O)c2cc(S(=O)(=O)Cl)cc(Br)c2Cl)C1. The summed E-state index contributed by atoms with van der Waals surface area (Å²) in [5, 5.41) is 3.06. The predicted octanol–water partition coefficient (Wildman–Crippen LogP) is 3.95. The van der Waals surface area contributed by atoms with Crippen molar-refractivity contribution >= 4 is 53.2 Å². The monoisotopic (exact) mass is 413 g/mol. The van der Waals surface area contributed by atoms with E-state index in [4.69, 9.17) is 22.3 Å². The zero-order valence-corrected chi connectivity index (χ0v) is 15.1. The van der Waals surface area contributed by atoms with Crippen molar-refractivity contribution in [3.05, 3.63) is 27.2 Å². The largest absolute Gasteiger partial charge is 0.349 e. The lowest BCUT2D eigenvalue weighted by molar-refractivity contribution is 0.0937. The molecule has 0 aromatic heterocycles. The highest BCUT2D eigenvalue weighted by atomic mass is 79.9. The molecule has 2 rings (SSSR count). The van der Waals surface area contributed by atoms with Gasteiger partial charge in [-0.1, -0.05) is 18.5 Å². The highest BCUT2D eigenvalue weighted by molar-refractivity contribution is 9.10. The summed E-state index contributed by atoms with van der Waals surface area (Å²) in [7, 11) is 1.39. The van der Waals surface area contributed by atoms with E-state index in [1.54, 1.807) is 0 Å². The number of nitrogens with one attached hydrogen (secondary N) is 1. The van der Waals surface area contributed by atoms with Gasteiger partial charge in [-0.3, -0.25) is 4.79 Å². The summed E-state index contributed by atoms with van der Waals surface area (Å²) in [6.07, 6.45) is 2.90. The maximum Gasteiger partial charge on any atom is 0.261 e. The van der Waals surface area contributed by atoms with Crippen LogP contribution in [0.5, 0.6) is 0 Å². The van der Waals surface area contributed by atoms with Crippen LogP contribution in [-0.4, -0.2) is 20.4 Å². The zero-order chi connectivity index (χ0) is 15.8. The van der Waals surface area contributed by atoms with Gasteiger partial charge in [-0.05, 0) is 53.2 Å². The molecule has 0 spiro atoms. The second-order valence-electron chi connectivity index (χ2n) is 5.29. The Balaban J connectivity index is 2.30. The molecule has 1 aromatic carbocycles. The Bertz CT molecular complexity index is 678. The molecule has 4 nitrogen and oxygen atoms in total. The van der Waals surface area contributed by atoms with Crippen LogP contribution in [0.15, 0.2) is 21.5 Å². The lowest BCUT2D eigenvalue weighted by Crippen LogP contribution is -2.33. The Labute approximate surface area is 141 Å². The number of amides is 1. The fourth-order valence-corrected chi connectivity index (χ4v) is 4.06. The molecule has 1 fully saturated rings. The van der Waals surface area contributed by atoms with Crippen LogP contribution in [0.4, 0.5) is 0 Å². The molecule has 0 bridgehead atoms. The van der Waals surface area contributed by atoms with E-state index in [9.17, 15) is 13.2 Å². The van der Waals surface area contributed by atoms with Crippen molar-refractivity contribution < 1.29 is 13.2 Å². The number of hydrogen-bond donors (Lipinski definition) is 1. The molecule has 0 aliphatic heterocycles. The van der Waals surface area contributed by atoms with Gasteiger partial charge in [0.25, 0.3) is 15.0 Å². The molecule has 1 amide bonds. The molecule has 2 unspecified atom stereocenters. The van der Waals surface area contributed by atoms with Gasteiger partial charge < -0.3 is 5.32 Å². The van der Waals surface area contributed by atoms with Crippen molar-refractivity contribution in [2.45, 2.75) is 37.1 Å². The first kappa shape index (κ1) is 17.1. The van der Waals surface area contributed by atoms with Gasteiger partial charge in [0.15, 0.2) is 0 Å². The number of rotatable bonds is 3. The standard InChI is InChI=1S/C13H14BrCl2NO3S/c1-7-2-3-8(4-7)17-13(18)10-5-9(21(16,19)20)6-11(14)12(10)15/h5-8H,2-4H2,1H3,(H,17,18). The zero-order valence-electron chi connectivity index (χ0n) is 11.2. The van der Waals surface area contributed by atoms with Crippen LogP contribution in [0, 0.1) is 5.92 Å². The van der Waals surface area contributed by atoms with Crippen molar-refractivity contribution in [3.8, 4) is 0 Å². The van der Waals surface area contributed by atoms with E-state index in [2.05, 4.69) is 28.2 Å². The normalized spacial score (nSPS) is 22.3. The van der Waals surface area contributed by atoms with Gasteiger partial charge in [-0.25, -0.2) is 8.42 Å². The van der Waals surface area contributed by atoms with Crippen molar-refractivity contribution in [3.63, 3.8) is 0 Å². The fourth-order valence-electron chi connectivity index (χ4n) is 2.47. The van der Waals surface area contributed by atoms with Crippen LogP contribution in [0.1, 0.15) is 36.5 Å². The molecular weight excluding hydrogens is 401 g/mol. The Morgan fingerprint density at radius 1 is 1.38 bits per heavy atom. The third kappa shape index (κ3) is 4.12. The molecule has 0 saturated heterocycles. The smallest absolute Gasteiger partial charge is 0.261 e. The first-order chi connectivity index (χ1) is 9.68. The van der Waals surface area contributed by atoms with E-state index >= 15 is 0 Å². The third-order valence-electron chi connectivity index (χ3n) is 3.56. The summed E-state index contributed by atoms with van der Waals surface area (Å²) in [5.41, 5.74) is 0.102. The van der Waals surface area contributed by atoms with Crippen molar-refractivity contribution in [2.24, 2.45) is 5.92 Å². The van der Waals surface area contributed by atoms with Crippen molar-refractivity contribution in [2.75, 3.05) is 0 Å². The minimum absolute atomic E-state index is 0.0959. The van der Waals surface area contributed by atoms with E-state index in [-0.39, 0.29) is 27.4 Å². The van der Waals surface area contributed by atoms with Crippen LogP contribution in [-0.2, 0) is 9.05 Å². The lowest BCUT2D eigenvalue weighted by Gasteiger charge is -2.14. The van der Waals surface area contributed by atoms with Gasteiger partial charge >= 0.3 is 0 Å². The van der Waals surface area contributed by atoms with E-state index in [1.807, 2.05) is 0 Å². The van der Waals surface area contributed by atoms with E-state index in [0.717, 1.165) is 19.3 Å². The molecular formula is C13H14BrCl2NO3S. The Hall–Kier alpha value is -0.300. The molecule has 8 heteroatoms. The van der Waals surface area contributed by atoms with Gasteiger partial charge in [-0.15, -0.1) is 0 Å². The highest BCUT2D eigenvalue weighted by Crippen LogP contribution is 2.32. The van der Waals surface area contributed by atoms with Crippen molar-refractivity contribution in [1.82, 2.24) is 5.32 Å². The average Bonchev–Trinajstić information content (AvgIpc) is 2.76. The predicted molar refractivity (Wildman–Crippen MR) is 86.5 cm³/mol. The van der Waals surface area contributed by atoms with E-state index < -0.39 is 9.05 Å². The number of carbonyl (C=O) groups excluding carboxylic acids is 1. The minimum Gasteiger partial charge on any atom is -0.349 e. The van der Waals surface area contributed by atoms with Gasteiger partial charge in [-0.2, -0.15) is 0 Å². The highest BCUT2D eigenvalue weighted by Gasteiger charge is 2.25. The molecule has 1 aromatic rings. The summed E-state index contributed by atoms with van der Waals surface area (Å²) >= 11 is 9.22. The Morgan fingerprint density at radius 3 is 2.57 bits per heavy atom. The quantitative estimate of drug-likeness (QED) is 0.761. The molecule has 1 saturated carbocycles. The van der Waals surface area contributed by atoms with Crippen molar-refractivity contribution in [1.29, 1.82) is 0 Å². The summed E-state index contributed by atoms with van der Waals surface area (Å²) in [6, 6.07) is 2.57. The molecule has 1 N–H and O–H groups in total. The van der Waals surface area contributed by atoms with Gasteiger partial charge in [0, 0.05) is 21.2 Å². The Kier molecular flexibility index (Phi) is 5.23. The fraction of sp³-hybridized carbons (Fsp3) is 0.462. The van der Waals surface area contributed by atoms with Crippen LogP contribution < -0.4 is 5.32 Å². The average molecular weight is 415 g/mol. The van der Waals surface area contributed by atoms with Crippen LogP contribution in [0.3, 0.4) is 0 Å². The second kappa shape index (κ2) is 6.44. The van der Waals surface area contributed by atoms with Crippen LogP contribution >= 0.6 is 38.2 Å². The van der Waals surface area contributed by atoms with Crippen LogP contribution in [0.25, 0.3) is 0 Å². The van der Waals surface area contributed by atoms with E-state index in [0.29, 0.717) is 10.4 Å². The number of halogens is 3. The maximum absolute atomic E-state index is 12.3. The van der Waals surface area contributed by atoms with E-state index in [1.165, 1.54) is 12.1 Å². The summed E-state index contributed by atoms with van der Waals surface area (Å²) < 4.78 is 23.2. The van der Waals surface area contributed by atoms with Gasteiger partial charge in [0.05, 0.1) is 15.5 Å². The van der Waals surface area contributed by atoms with Gasteiger partial charge in [0.2, 0.25) is 0 Å². The molecule has 1 aliphatic carbocycles. The lowest BCUT2D eigenvalue weighted by atomic mass is 10.1. The first-order valence-corrected chi connectivity index (χ1v) is 9.91. The molecule has 0 radical (unpaired) electrons. The minimum atomic E-state index is -3.93.